The molecular weight excluding hydrogens is 540 g/mol. The average molecular weight is 589 g/mol. The van der Waals surface area contributed by atoms with Gasteiger partial charge in [-0.2, -0.15) is 0 Å². The molecule has 0 aliphatic rings. The second kappa shape index (κ2) is 11.3. The lowest BCUT2D eigenvalue weighted by Gasteiger charge is -2.32. The lowest BCUT2D eigenvalue weighted by atomic mass is 9.79. The Morgan fingerprint density at radius 3 is 1.18 bits per heavy atom. The zero-order valence-corrected chi connectivity index (χ0v) is 28.4. The van der Waals surface area contributed by atoms with Crippen molar-refractivity contribution in [2.45, 2.75) is 132 Å². The van der Waals surface area contributed by atoms with Crippen LogP contribution >= 0.6 is 23.5 Å². The number of carbonyl (C=O) groups is 2. The van der Waals surface area contributed by atoms with Gasteiger partial charge >= 0.3 is 11.9 Å². The summed E-state index contributed by atoms with van der Waals surface area (Å²) in [5.41, 5.74) is 2.19. The fourth-order valence-electron chi connectivity index (χ4n) is 4.42. The van der Waals surface area contributed by atoms with Crippen LogP contribution in [-0.4, -0.2) is 26.2 Å². The molecule has 2 rings (SSSR count). The highest BCUT2D eigenvalue weighted by atomic mass is 32.2. The summed E-state index contributed by atoms with van der Waals surface area (Å²) in [6, 6.07) is 8.25. The van der Waals surface area contributed by atoms with E-state index in [0.29, 0.717) is 11.5 Å². The van der Waals surface area contributed by atoms with Crippen LogP contribution < -0.4 is 4.74 Å². The second-order valence-electron chi connectivity index (χ2n) is 15.0. The van der Waals surface area contributed by atoms with Crippen LogP contribution in [-0.2, 0) is 31.2 Å². The predicted octanol–water partition coefficient (Wildman–Crippen LogP) is 9.19. The Kier molecular flexibility index (Phi) is 9.61. The molecule has 0 fully saturated rings. The van der Waals surface area contributed by atoms with Crippen LogP contribution in [0.5, 0.6) is 11.5 Å². The van der Waals surface area contributed by atoms with Gasteiger partial charge in [0.2, 0.25) is 0 Å². The number of phenolic OH excluding ortho intramolecular Hbond substituents is 1. The van der Waals surface area contributed by atoms with E-state index < -0.39 is 22.8 Å². The molecule has 222 valence electrons. The topological polar surface area (TPSA) is 83.8 Å². The zero-order chi connectivity index (χ0) is 31.2. The van der Waals surface area contributed by atoms with Gasteiger partial charge in [0.15, 0.2) is 0 Å². The molecule has 2 N–H and O–H groups in total. The SMILES string of the molecule is CC(C)(Sc1cc(C(C)(C)C)c(O)c(C(C)(C)C)c1)Sc1cc(C(C)(C)C)c(OC(=O)C(=O)O)c(C(C)(C)C)c1. The van der Waals surface area contributed by atoms with Crippen molar-refractivity contribution >= 4 is 35.5 Å². The fraction of sp³-hybridized carbons (Fsp3) is 0.576. The summed E-state index contributed by atoms with van der Waals surface area (Å²) >= 11 is 3.45. The van der Waals surface area contributed by atoms with Crippen molar-refractivity contribution in [3.63, 3.8) is 0 Å². The van der Waals surface area contributed by atoms with Crippen LogP contribution in [0.15, 0.2) is 34.1 Å². The third-order valence-electron chi connectivity index (χ3n) is 6.47. The Labute approximate surface area is 249 Å². The Hall–Kier alpha value is -2.12. The molecular formula is C33H48O5S2. The van der Waals surface area contributed by atoms with Gasteiger partial charge in [-0.25, -0.2) is 9.59 Å². The van der Waals surface area contributed by atoms with Gasteiger partial charge in [-0.05, 0) is 59.8 Å². The van der Waals surface area contributed by atoms with Crippen LogP contribution in [0, 0.1) is 0 Å². The van der Waals surface area contributed by atoms with E-state index in [0.717, 1.165) is 32.0 Å². The normalized spacial score (nSPS) is 13.3. The van der Waals surface area contributed by atoms with Crippen LogP contribution in [0.2, 0.25) is 0 Å². The van der Waals surface area contributed by atoms with Crippen molar-refractivity contribution in [2.24, 2.45) is 0 Å². The van der Waals surface area contributed by atoms with Crippen LogP contribution in [0.25, 0.3) is 0 Å². The molecule has 0 unspecified atom stereocenters. The number of carboxylic acids is 1. The molecule has 0 aliphatic heterocycles. The first-order valence-electron chi connectivity index (χ1n) is 13.6. The highest BCUT2D eigenvalue weighted by Gasteiger charge is 2.33. The van der Waals surface area contributed by atoms with Crippen LogP contribution in [0.1, 0.15) is 119 Å². The number of phenols is 1. The minimum absolute atomic E-state index is 0.218. The molecule has 2 aromatic rings. The standard InChI is InChI=1S/C33H48O5S2/c1-29(2,3)21-15-19(16-22(25(21)34)30(4,5)6)39-33(13,14)40-20-17-23(31(7,8)9)26(38-28(37)27(35)36)24(18-20)32(10,11)12/h15-18,34H,1-14H3,(H,35,36). The summed E-state index contributed by atoms with van der Waals surface area (Å²) in [5.74, 6) is -2.21. The number of hydrogen-bond acceptors (Lipinski definition) is 6. The highest BCUT2D eigenvalue weighted by molar-refractivity contribution is 8.18. The number of carbonyl (C=O) groups excluding carboxylic acids is 1. The summed E-state index contributed by atoms with van der Waals surface area (Å²) in [5, 5.41) is 20.4. The smallest absolute Gasteiger partial charge is 0.422 e. The summed E-state index contributed by atoms with van der Waals surface area (Å²) in [4.78, 5) is 25.6. The summed E-state index contributed by atoms with van der Waals surface area (Å²) in [7, 11) is 0. The van der Waals surface area contributed by atoms with Crippen LogP contribution in [0.4, 0.5) is 0 Å². The van der Waals surface area contributed by atoms with E-state index in [4.69, 9.17) is 4.74 Å². The van der Waals surface area contributed by atoms with Crippen molar-refractivity contribution < 1.29 is 24.5 Å². The number of ether oxygens (including phenoxy) is 1. The number of hydrogen-bond donors (Lipinski definition) is 2. The number of carboxylic acid groups (broad SMARTS) is 1. The van der Waals surface area contributed by atoms with E-state index in [1.165, 1.54) is 0 Å². The molecule has 0 amide bonds. The Bertz CT molecular complexity index is 1210. The van der Waals surface area contributed by atoms with E-state index in [-0.39, 0.29) is 14.9 Å². The van der Waals surface area contributed by atoms with Gasteiger partial charge in [-0.1, -0.05) is 83.1 Å². The summed E-state index contributed by atoms with van der Waals surface area (Å²) in [6.07, 6.45) is 0. The van der Waals surface area contributed by atoms with Gasteiger partial charge in [0, 0.05) is 32.0 Å². The molecule has 2 aromatic carbocycles. The largest absolute Gasteiger partial charge is 0.507 e. The maximum absolute atomic E-state index is 12.2. The number of thioether (sulfide) groups is 2. The van der Waals surface area contributed by atoms with E-state index in [1.54, 1.807) is 23.5 Å². The maximum atomic E-state index is 12.2. The van der Waals surface area contributed by atoms with Gasteiger partial charge in [-0.3, -0.25) is 0 Å². The number of esters is 1. The fourth-order valence-corrected chi connectivity index (χ4v) is 7.01. The second-order valence-corrected chi connectivity index (χ2v) is 18.7. The molecule has 0 heterocycles. The average Bonchev–Trinajstić information content (AvgIpc) is 2.71. The minimum atomic E-state index is -1.62. The highest BCUT2D eigenvalue weighted by Crippen LogP contribution is 2.51. The number of benzene rings is 2. The molecule has 0 saturated heterocycles. The van der Waals surface area contributed by atoms with E-state index >= 15 is 0 Å². The molecule has 0 radical (unpaired) electrons. The van der Waals surface area contributed by atoms with Crippen molar-refractivity contribution in [1.29, 1.82) is 0 Å². The first kappa shape index (κ1) is 34.1. The van der Waals surface area contributed by atoms with Crippen molar-refractivity contribution in [1.82, 2.24) is 0 Å². The van der Waals surface area contributed by atoms with Crippen molar-refractivity contribution in [3.05, 3.63) is 46.5 Å². The molecule has 5 nitrogen and oxygen atoms in total. The van der Waals surface area contributed by atoms with Crippen LogP contribution in [0.3, 0.4) is 0 Å². The molecule has 0 spiro atoms. The Balaban J connectivity index is 2.66. The quantitative estimate of drug-likeness (QED) is 0.118. The molecule has 0 atom stereocenters. The first-order valence-corrected chi connectivity index (χ1v) is 15.3. The van der Waals surface area contributed by atoms with Gasteiger partial charge in [0.1, 0.15) is 11.5 Å². The molecule has 40 heavy (non-hydrogen) atoms. The molecule has 7 heteroatoms. The first-order chi connectivity index (χ1) is 17.7. The summed E-state index contributed by atoms with van der Waals surface area (Å²) in [6.45, 7) is 29.2. The third kappa shape index (κ3) is 8.45. The molecule has 0 bridgehead atoms. The Morgan fingerprint density at radius 1 is 0.600 bits per heavy atom. The van der Waals surface area contributed by atoms with Gasteiger partial charge in [-0.15, -0.1) is 23.5 Å². The minimum Gasteiger partial charge on any atom is -0.507 e. The van der Waals surface area contributed by atoms with Gasteiger partial charge in [0.25, 0.3) is 0 Å². The molecule has 0 aromatic heterocycles. The monoisotopic (exact) mass is 588 g/mol. The van der Waals surface area contributed by atoms with Crippen molar-refractivity contribution in [2.75, 3.05) is 0 Å². The lowest BCUT2D eigenvalue weighted by Crippen LogP contribution is -2.26. The van der Waals surface area contributed by atoms with Crippen molar-refractivity contribution in [3.8, 4) is 11.5 Å². The van der Waals surface area contributed by atoms with E-state index in [2.05, 4.69) is 67.5 Å². The molecule has 0 saturated carbocycles. The lowest BCUT2D eigenvalue weighted by molar-refractivity contribution is -0.158. The predicted molar refractivity (Wildman–Crippen MR) is 168 cm³/mol. The molecule has 0 aliphatic carbocycles. The Morgan fingerprint density at radius 2 is 0.900 bits per heavy atom. The maximum Gasteiger partial charge on any atom is 0.422 e. The zero-order valence-electron chi connectivity index (χ0n) is 26.7. The van der Waals surface area contributed by atoms with E-state index in [1.807, 2.05) is 53.7 Å². The number of aromatic hydroxyl groups is 1. The third-order valence-corrected chi connectivity index (χ3v) is 8.90. The number of rotatable bonds is 5. The van der Waals surface area contributed by atoms with E-state index in [9.17, 15) is 19.8 Å². The van der Waals surface area contributed by atoms with Gasteiger partial charge in [0.05, 0.1) is 4.08 Å². The number of aliphatic carboxylic acids is 1. The van der Waals surface area contributed by atoms with Gasteiger partial charge < -0.3 is 14.9 Å². The summed E-state index contributed by atoms with van der Waals surface area (Å²) < 4.78 is 5.20.